The minimum absolute atomic E-state index is 0.423. The smallest absolute Gasteiger partial charge is 0.341 e. The zero-order valence-electron chi connectivity index (χ0n) is 9.62. The minimum Gasteiger partial charge on any atom is -0.425 e. The molecule has 3 heteroatoms. The topological polar surface area (TPSA) is 46.5 Å². The van der Waals surface area contributed by atoms with E-state index in [1.54, 1.807) is 6.07 Å². The Morgan fingerprint density at radius 1 is 1.44 bits per heavy atom. The second-order valence-electron chi connectivity index (χ2n) is 4.33. The van der Waals surface area contributed by atoms with Crippen LogP contribution in [0.25, 0.3) is 0 Å². The van der Waals surface area contributed by atoms with Crippen LogP contribution in [-0.4, -0.2) is 11.1 Å². The van der Waals surface area contributed by atoms with Gasteiger partial charge in [-0.05, 0) is 25.5 Å². The van der Waals surface area contributed by atoms with Crippen molar-refractivity contribution in [3.05, 3.63) is 34.9 Å². The van der Waals surface area contributed by atoms with E-state index >= 15 is 0 Å². The average molecular weight is 220 g/mol. The number of carbonyl (C=O) groups excluding carboxylic acids is 1. The highest BCUT2D eigenvalue weighted by molar-refractivity contribution is 5.94. The molecule has 0 aliphatic carbocycles. The Labute approximate surface area is 95.0 Å². The van der Waals surface area contributed by atoms with Gasteiger partial charge in [-0.15, -0.1) is 0 Å². The number of aryl methyl sites for hydroxylation is 1. The highest BCUT2D eigenvalue weighted by Crippen LogP contribution is 2.38. The van der Waals surface area contributed by atoms with E-state index in [1.165, 1.54) is 0 Å². The van der Waals surface area contributed by atoms with Crippen LogP contribution in [0.15, 0.2) is 18.2 Å². The molecule has 3 nitrogen and oxygen atoms in total. The fraction of sp³-hybridized carbons (Fsp3) is 0.462. The molecule has 0 fully saturated rings. The molecule has 1 atom stereocenters. The largest absolute Gasteiger partial charge is 0.425 e. The van der Waals surface area contributed by atoms with Gasteiger partial charge in [-0.3, -0.25) is 0 Å². The lowest BCUT2D eigenvalue weighted by atomic mass is 9.96. The standard InChI is InChI=1S/C13H16O3/c1-3-4-7-13(15)11-8-9(2)5-6-10(11)12(14)16-13/h5-6,8,15H,3-4,7H2,1-2H3. The summed E-state index contributed by atoms with van der Waals surface area (Å²) in [4.78, 5) is 11.6. The highest BCUT2D eigenvalue weighted by atomic mass is 16.7. The summed E-state index contributed by atoms with van der Waals surface area (Å²) in [5.74, 6) is -1.83. The summed E-state index contributed by atoms with van der Waals surface area (Å²) in [6.07, 6.45) is 2.25. The van der Waals surface area contributed by atoms with Crippen LogP contribution >= 0.6 is 0 Å². The molecule has 0 saturated heterocycles. The maximum atomic E-state index is 11.6. The lowest BCUT2D eigenvalue weighted by molar-refractivity contribution is -0.168. The first-order valence-corrected chi connectivity index (χ1v) is 5.63. The number of unbranched alkanes of at least 4 members (excludes halogenated alkanes) is 1. The number of hydrogen-bond acceptors (Lipinski definition) is 3. The van der Waals surface area contributed by atoms with Gasteiger partial charge in [0.25, 0.3) is 0 Å². The maximum absolute atomic E-state index is 11.6. The van der Waals surface area contributed by atoms with E-state index in [9.17, 15) is 9.90 Å². The Hall–Kier alpha value is -1.35. The number of esters is 1. The van der Waals surface area contributed by atoms with Crippen molar-refractivity contribution in [2.24, 2.45) is 0 Å². The molecule has 0 bridgehead atoms. The van der Waals surface area contributed by atoms with E-state index in [4.69, 9.17) is 4.74 Å². The van der Waals surface area contributed by atoms with E-state index in [0.29, 0.717) is 17.5 Å². The highest BCUT2D eigenvalue weighted by Gasteiger charge is 2.43. The third-order valence-electron chi connectivity index (χ3n) is 2.95. The first-order valence-electron chi connectivity index (χ1n) is 5.63. The van der Waals surface area contributed by atoms with Crippen molar-refractivity contribution in [1.82, 2.24) is 0 Å². The van der Waals surface area contributed by atoms with E-state index in [2.05, 4.69) is 0 Å². The van der Waals surface area contributed by atoms with Crippen LogP contribution in [-0.2, 0) is 10.5 Å². The molecule has 2 rings (SSSR count). The zero-order chi connectivity index (χ0) is 11.8. The molecule has 1 heterocycles. The molecule has 1 N–H and O–H groups in total. The number of fused-ring (bicyclic) bond motifs is 1. The van der Waals surface area contributed by atoms with E-state index in [0.717, 1.165) is 18.4 Å². The molecule has 86 valence electrons. The summed E-state index contributed by atoms with van der Waals surface area (Å²) in [5, 5.41) is 10.3. The Balaban J connectivity index is 2.40. The molecule has 0 spiro atoms. The number of carbonyl (C=O) groups is 1. The van der Waals surface area contributed by atoms with Gasteiger partial charge in [0.1, 0.15) is 0 Å². The maximum Gasteiger partial charge on any atom is 0.341 e. The first kappa shape index (κ1) is 11.1. The van der Waals surface area contributed by atoms with Gasteiger partial charge in [0.15, 0.2) is 0 Å². The third-order valence-corrected chi connectivity index (χ3v) is 2.95. The number of benzene rings is 1. The van der Waals surface area contributed by atoms with Crippen LogP contribution < -0.4 is 0 Å². The first-order chi connectivity index (χ1) is 7.57. The number of aliphatic hydroxyl groups is 1. The van der Waals surface area contributed by atoms with Crippen molar-refractivity contribution in [3.8, 4) is 0 Å². The fourth-order valence-electron chi connectivity index (χ4n) is 2.02. The molecular formula is C13H16O3. The van der Waals surface area contributed by atoms with Gasteiger partial charge in [0, 0.05) is 12.0 Å². The number of rotatable bonds is 3. The fourth-order valence-corrected chi connectivity index (χ4v) is 2.02. The average Bonchev–Trinajstić information content (AvgIpc) is 2.49. The van der Waals surface area contributed by atoms with Gasteiger partial charge in [-0.2, -0.15) is 0 Å². The molecule has 0 radical (unpaired) electrons. The predicted octanol–water partition coefficient (Wildman–Crippen LogP) is 2.50. The SMILES string of the molecule is CCCCC1(O)OC(=O)c2ccc(C)cc21. The van der Waals surface area contributed by atoms with Gasteiger partial charge in [0.05, 0.1) is 5.56 Å². The van der Waals surface area contributed by atoms with Crippen molar-refractivity contribution in [3.63, 3.8) is 0 Å². The molecule has 1 aromatic rings. The Bertz CT molecular complexity index is 425. The summed E-state index contributed by atoms with van der Waals surface area (Å²) in [7, 11) is 0. The predicted molar refractivity (Wildman–Crippen MR) is 60.0 cm³/mol. The molecular weight excluding hydrogens is 204 g/mol. The molecule has 1 aromatic carbocycles. The second-order valence-corrected chi connectivity index (χ2v) is 4.33. The quantitative estimate of drug-likeness (QED) is 0.796. The second kappa shape index (κ2) is 3.91. The zero-order valence-corrected chi connectivity index (χ0v) is 9.62. The summed E-state index contributed by atoms with van der Waals surface area (Å²) in [5.41, 5.74) is 2.13. The number of hydrogen-bond donors (Lipinski definition) is 1. The van der Waals surface area contributed by atoms with Crippen LogP contribution in [0.1, 0.15) is 47.7 Å². The molecule has 0 aromatic heterocycles. The molecule has 1 aliphatic rings. The van der Waals surface area contributed by atoms with E-state index in [-0.39, 0.29) is 0 Å². The van der Waals surface area contributed by atoms with Crippen LogP contribution in [0, 0.1) is 6.92 Å². The minimum atomic E-state index is -1.41. The van der Waals surface area contributed by atoms with Crippen LogP contribution in [0.5, 0.6) is 0 Å². The van der Waals surface area contributed by atoms with Crippen molar-refractivity contribution < 1.29 is 14.6 Å². The summed E-state index contributed by atoms with van der Waals surface area (Å²) >= 11 is 0. The lowest BCUT2D eigenvalue weighted by Crippen LogP contribution is -2.25. The Morgan fingerprint density at radius 3 is 2.88 bits per heavy atom. The van der Waals surface area contributed by atoms with Gasteiger partial charge in [-0.1, -0.05) is 25.0 Å². The summed E-state index contributed by atoms with van der Waals surface area (Å²) < 4.78 is 5.09. The van der Waals surface area contributed by atoms with Crippen molar-refractivity contribution in [2.45, 2.75) is 38.9 Å². The Kier molecular flexibility index (Phi) is 2.72. The molecule has 0 saturated carbocycles. The van der Waals surface area contributed by atoms with Crippen molar-refractivity contribution in [2.75, 3.05) is 0 Å². The van der Waals surface area contributed by atoms with Crippen LogP contribution in [0.2, 0.25) is 0 Å². The number of ether oxygens (including phenoxy) is 1. The third kappa shape index (κ3) is 1.71. The summed E-state index contributed by atoms with van der Waals surface area (Å²) in [6.45, 7) is 3.97. The van der Waals surface area contributed by atoms with E-state index in [1.807, 2.05) is 26.0 Å². The van der Waals surface area contributed by atoms with Crippen molar-refractivity contribution in [1.29, 1.82) is 0 Å². The van der Waals surface area contributed by atoms with Gasteiger partial charge in [0.2, 0.25) is 5.79 Å². The molecule has 1 aliphatic heterocycles. The number of cyclic esters (lactones) is 1. The Morgan fingerprint density at radius 2 is 2.19 bits per heavy atom. The molecule has 1 unspecified atom stereocenters. The van der Waals surface area contributed by atoms with Crippen LogP contribution in [0.3, 0.4) is 0 Å². The monoisotopic (exact) mass is 220 g/mol. The van der Waals surface area contributed by atoms with Crippen LogP contribution in [0.4, 0.5) is 0 Å². The van der Waals surface area contributed by atoms with Gasteiger partial charge < -0.3 is 9.84 Å². The van der Waals surface area contributed by atoms with E-state index < -0.39 is 11.8 Å². The molecule has 16 heavy (non-hydrogen) atoms. The van der Waals surface area contributed by atoms with Crippen molar-refractivity contribution >= 4 is 5.97 Å². The normalized spacial score (nSPS) is 23.1. The summed E-state index contributed by atoms with van der Waals surface area (Å²) in [6, 6.07) is 5.40. The molecule has 0 amide bonds. The van der Waals surface area contributed by atoms with Gasteiger partial charge >= 0.3 is 5.97 Å². The lowest BCUT2D eigenvalue weighted by Gasteiger charge is -2.22. The van der Waals surface area contributed by atoms with Gasteiger partial charge in [-0.25, -0.2) is 4.79 Å².